The smallest absolute Gasteiger partial charge is 0.257 e. The van der Waals surface area contributed by atoms with Gasteiger partial charge in [0.15, 0.2) is 0 Å². The van der Waals surface area contributed by atoms with Crippen LogP contribution in [0.4, 0.5) is 5.95 Å². The first-order chi connectivity index (χ1) is 16.1. The van der Waals surface area contributed by atoms with E-state index in [0.717, 1.165) is 49.5 Å². The Morgan fingerprint density at radius 3 is 2.67 bits per heavy atom. The van der Waals surface area contributed by atoms with Gasteiger partial charge in [0.1, 0.15) is 16.8 Å². The Balaban J connectivity index is 1.35. The van der Waals surface area contributed by atoms with Gasteiger partial charge in [-0.15, -0.1) is 0 Å². The number of aromatic nitrogens is 4. The molecule has 1 aliphatic rings. The lowest BCUT2D eigenvalue weighted by atomic mass is 10.1. The average Bonchev–Trinajstić information content (AvgIpc) is 3.45. The lowest BCUT2D eigenvalue weighted by molar-refractivity contribution is 0.0342. The molecule has 0 atom stereocenters. The number of H-pyrrole nitrogens is 1. The van der Waals surface area contributed by atoms with Crippen molar-refractivity contribution in [2.75, 3.05) is 38.7 Å². The minimum atomic E-state index is -0.228. The van der Waals surface area contributed by atoms with Crippen molar-refractivity contribution in [1.82, 2.24) is 24.6 Å². The van der Waals surface area contributed by atoms with Gasteiger partial charge in [0.25, 0.3) is 5.91 Å². The monoisotopic (exact) mass is 446 g/mol. The standard InChI is InChI=1S/C24H26N6O3/c1-29-15-18(13-25-29)19-7-8-20(32-2)22-21(19)26-24(27-22)28-23(31)17-5-3-16(4-6-17)14-30-9-11-33-12-10-30/h3-8,13,15H,9-12,14H2,1-2H3,(H2,26,27,28,31). The zero-order chi connectivity index (χ0) is 22.8. The van der Waals surface area contributed by atoms with Crippen molar-refractivity contribution in [1.29, 1.82) is 0 Å². The molecule has 2 aromatic heterocycles. The number of amides is 1. The van der Waals surface area contributed by atoms with Gasteiger partial charge >= 0.3 is 0 Å². The molecule has 5 rings (SSSR count). The molecule has 170 valence electrons. The Morgan fingerprint density at radius 1 is 1.18 bits per heavy atom. The number of fused-ring (bicyclic) bond motifs is 1. The molecule has 1 amide bonds. The molecule has 0 saturated carbocycles. The maximum Gasteiger partial charge on any atom is 0.257 e. The number of imidazole rings is 1. The van der Waals surface area contributed by atoms with Crippen LogP contribution < -0.4 is 10.1 Å². The second-order valence-electron chi connectivity index (χ2n) is 8.07. The molecular formula is C24H26N6O3. The number of carbonyl (C=O) groups excluding carboxylic acids is 1. The highest BCUT2D eigenvalue weighted by atomic mass is 16.5. The van der Waals surface area contributed by atoms with Crippen molar-refractivity contribution in [2.45, 2.75) is 6.54 Å². The Labute approximate surface area is 191 Å². The minimum Gasteiger partial charge on any atom is -0.494 e. The van der Waals surface area contributed by atoms with Crippen LogP contribution in [0, 0.1) is 0 Å². The quantitative estimate of drug-likeness (QED) is 0.473. The number of methoxy groups -OCH3 is 1. The molecule has 9 nitrogen and oxygen atoms in total. The highest BCUT2D eigenvalue weighted by Gasteiger charge is 2.17. The van der Waals surface area contributed by atoms with Crippen molar-refractivity contribution in [3.05, 3.63) is 59.9 Å². The summed E-state index contributed by atoms with van der Waals surface area (Å²) in [5.74, 6) is 0.786. The van der Waals surface area contributed by atoms with E-state index in [1.165, 1.54) is 5.56 Å². The number of hydrogen-bond acceptors (Lipinski definition) is 6. The van der Waals surface area contributed by atoms with Crippen LogP contribution >= 0.6 is 0 Å². The Bertz CT molecular complexity index is 1270. The molecular weight excluding hydrogens is 420 g/mol. The summed E-state index contributed by atoms with van der Waals surface area (Å²) in [5.41, 5.74) is 5.01. The molecule has 0 aliphatic carbocycles. The molecule has 0 unspecified atom stereocenters. The molecule has 1 aliphatic heterocycles. The number of ether oxygens (including phenoxy) is 2. The first-order valence-electron chi connectivity index (χ1n) is 10.9. The Kier molecular flexibility index (Phi) is 5.80. The van der Waals surface area contributed by atoms with E-state index < -0.39 is 0 Å². The Morgan fingerprint density at radius 2 is 1.97 bits per heavy atom. The second kappa shape index (κ2) is 9.05. The number of nitrogens with one attached hydrogen (secondary N) is 2. The number of anilines is 1. The van der Waals surface area contributed by atoms with Crippen molar-refractivity contribution in [2.24, 2.45) is 7.05 Å². The molecule has 4 aromatic rings. The highest BCUT2D eigenvalue weighted by Crippen LogP contribution is 2.33. The summed E-state index contributed by atoms with van der Waals surface area (Å²) in [5, 5.41) is 7.12. The summed E-state index contributed by atoms with van der Waals surface area (Å²) in [4.78, 5) is 23.0. The van der Waals surface area contributed by atoms with Crippen LogP contribution in [0.1, 0.15) is 15.9 Å². The number of aromatic amines is 1. The van der Waals surface area contributed by atoms with Crippen LogP contribution in [0.3, 0.4) is 0 Å². The van der Waals surface area contributed by atoms with Gasteiger partial charge in [0.05, 0.1) is 26.5 Å². The number of rotatable bonds is 6. The zero-order valence-electron chi connectivity index (χ0n) is 18.7. The first-order valence-corrected chi connectivity index (χ1v) is 10.9. The first kappa shape index (κ1) is 21.2. The molecule has 33 heavy (non-hydrogen) atoms. The minimum absolute atomic E-state index is 0.228. The molecule has 3 heterocycles. The SMILES string of the molecule is COc1ccc(-c2cnn(C)c2)c2nc(NC(=O)c3ccc(CN4CCOCC4)cc3)[nH]c12. The van der Waals surface area contributed by atoms with Crippen molar-refractivity contribution in [3.8, 4) is 16.9 Å². The summed E-state index contributed by atoms with van der Waals surface area (Å²) in [6.07, 6.45) is 3.71. The summed E-state index contributed by atoms with van der Waals surface area (Å²) in [7, 11) is 3.47. The Hall–Kier alpha value is -3.69. The third-order valence-electron chi connectivity index (χ3n) is 5.80. The van der Waals surface area contributed by atoms with Gasteiger partial charge in [-0.1, -0.05) is 12.1 Å². The van der Waals surface area contributed by atoms with Crippen LogP contribution in [-0.2, 0) is 18.3 Å². The van der Waals surface area contributed by atoms with Crippen LogP contribution in [0.15, 0.2) is 48.8 Å². The van der Waals surface area contributed by atoms with E-state index in [9.17, 15) is 4.79 Å². The summed E-state index contributed by atoms with van der Waals surface area (Å²) in [6.45, 7) is 4.25. The molecule has 9 heteroatoms. The van der Waals surface area contributed by atoms with Gasteiger partial charge in [0.2, 0.25) is 5.95 Å². The molecule has 1 fully saturated rings. The van der Waals surface area contributed by atoms with Crippen LogP contribution in [0.2, 0.25) is 0 Å². The topological polar surface area (TPSA) is 97.3 Å². The van der Waals surface area contributed by atoms with Gasteiger partial charge < -0.3 is 14.5 Å². The highest BCUT2D eigenvalue weighted by molar-refractivity contribution is 6.05. The fraction of sp³-hybridized carbons (Fsp3) is 0.292. The van der Waals surface area contributed by atoms with Crippen LogP contribution in [0.5, 0.6) is 5.75 Å². The van der Waals surface area contributed by atoms with E-state index in [-0.39, 0.29) is 5.91 Å². The van der Waals surface area contributed by atoms with Gasteiger partial charge in [-0.2, -0.15) is 5.10 Å². The summed E-state index contributed by atoms with van der Waals surface area (Å²) >= 11 is 0. The molecule has 0 bridgehead atoms. The lowest BCUT2D eigenvalue weighted by Crippen LogP contribution is -2.35. The number of aryl methyl sites for hydroxylation is 1. The lowest BCUT2D eigenvalue weighted by Gasteiger charge is -2.26. The molecule has 2 aromatic carbocycles. The molecule has 0 spiro atoms. The maximum absolute atomic E-state index is 12.9. The van der Waals surface area contributed by atoms with Gasteiger partial charge in [0, 0.05) is 49.6 Å². The average molecular weight is 447 g/mol. The van der Waals surface area contributed by atoms with E-state index in [1.807, 2.05) is 49.6 Å². The van der Waals surface area contributed by atoms with E-state index in [0.29, 0.717) is 22.8 Å². The third-order valence-corrected chi connectivity index (χ3v) is 5.80. The third kappa shape index (κ3) is 4.46. The van der Waals surface area contributed by atoms with E-state index in [2.05, 4.69) is 25.3 Å². The van der Waals surface area contributed by atoms with E-state index in [1.54, 1.807) is 18.0 Å². The van der Waals surface area contributed by atoms with Crippen molar-refractivity contribution < 1.29 is 14.3 Å². The van der Waals surface area contributed by atoms with Crippen LogP contribution in [-0.4, -0.2) is 64.0 Å². The number of nitrogens with zero attached hydrogens (tertiary/aromatic N) is 4. The van der Waals surface area contributed by atoms with Gasteiger partial charge in [-0.05, 0) is 29.8 Å². The number of carbonyl (C=O) groups is 1. The van der Waals surface area contributed by atoms with Gasteiger partial charge in [-0.3, -0.25) is 19.7 Å². The predicted molar refractivity (Wildman–Crippen MR) is 125 cm³/mol. The summed E-state index contributed by atoms with van der Waals surface area (Å²) < 4.78 is 12.6. The van der Waals surface area contributed by atoms with Crippen molar-refractivity contribution >= 4 is 22.9 Å². The van der Waals surface area contributed by atoms with E-state index >= 15 is 0 Å². The predicted octanol–water partition coefficient (Wildman–Crippen LogP) is 3.06. The molecule has 0 radical (unpaired) electrons. The maximum atomic E-state index is 12.9. The fourth-order valence-electron chi connectivity index (χ4n) is 4.05. The fourth-order valence-corrected chi connectivity index (χ4v) is 4.05. The number of benzene rings is 2. The number of morpholine rings is 1. The van der Waals surface area contributed by atoms with Crippen molar-refractivity contribution in [3.63, 3.8) is 0 Å². The zero-order valence-corrected chi connectivity index (χ0v) is 18.7. The number of hydrogen-bond donors (Lipinski definition) is 2. The van der Waals surface area contributed by atoms with Crippen LogP contribution in [0.25, 0.3) is 22.2 Å². The second-order valence-corrected chi connectivity index (χ2v) is 8.07. The summed E-state index contributed by atoms with van der Waals surface area (Å²) in [6, 6.07) is 11.5. The van der Waals surface area contributed by atoms with Gasteiger partial charge in [-0.25, -0.2) is 4.98 Å². The van der Waals surface area contributed by atoms with E-state index in [4.69, 9.17) is 9.47 Å². The molecule has 2 N–H and O–H groups in total. The largest absolute Gasteiger partial charge is 0.494 e. The normalized spacial score (nSPS) is 14.5. The molecule has 1 saturated heterocycles.